The summed E-state index contributed by atoms with van der Waals surface area (Å²) in [5, 5.41) is 8.11. The molecule has 3 heterocycles. The predicted octanol–water partition coefficient (Wildman–Crippen LogP) is 4.37. The van der Waals surface area contributed by atoms with E-state index >= 15 is 0 Å². The SMILES string of the molecule is CN(C)Cc1cncc(-c2cc3c(-c4nc5ccccc5[nH]4)n[nH]c3cc2F)c1. The minimum atomic E-state index is -0.318. The van der Waals surface area contributed by atoms with Gasteiger partial charge in [-0.1, -0.05) is 12.1 Å². The fourth-order valence-corrected chi connectivity index (χ4v) is 3.59. The van der Waals surface area contributed by atoms with Crippen LogP contribution < -0.4 is 0 Å². The number of hydrogen-bond acceptors (Lipinski definition) is 4. The zero-order valence-corrected chi connectivity index (χ0v) is 16.1. The molecule has 0 atom stereocenters. The van der Waals surface area contributed by atoms with Crippen LogP contribution in [0.15, 0.2) is 54.9 Å². The summed E-state index contributed by atoms with van der Waals surface area (Å²) in [5.74, 6) is 0.329. The molecule has 0 fully saturated rings. The highest BCUT2D eigenvalue weighted by molar-refractivity contribution is 5.95. The third-order valence-electron chi connectivity index (χ3n) is 4.87. The molecular formula is C22H19FN6. The number of hydrogen-bond donors (Lipinski definition) is 2. The molecule has 3 aromatic heterocycles. The Labute approximate surface area is 166 Å². The van der Waals surface area contributed by atoms with E-state index in [1.165, 1.54) is 6.07 Å². The lowest BCUT2D eigenvalue weighted by atomic mass is 10.0. The molecule has 0 bridgehead atoms. The van der Waals surface area contributed by atoms with Crippen LogP contribution in [-0.2, 0) is 6.54 Å². The zero-order chi connectivity index (χ0) is 20.0. The summed E-state index contributed by atoms with van der Waals surface area (Å²) < 4.78 is 14.9. The van der Waals surface area contributed by atoms with Crippen molar-refractivity contribution in [2.24, 2.45) is 0 Å². The van der Waals surface area contributed by atoms with Crippen molar-refractivity contribution in [3.63, 3.8) is 0 Å². The maximum absolute atomic E-state index is 14.9. The molecule has 6 nitrogen and oxygen atoms in total. The van der Waals surface area contributed by atoms with Gasteiger partial charge in [-0.05, 0) is 43.9 Å². The van der Waals surface area contributed by atoms with Crippen LogP contribution in [0.2, 0.25) is 0 Å². The Morgan fingerprint density at radius 2 is 1.90 bits per heavy atom. The smallest absolute Gasteiger partial charge is 0.159 e. The highest BCUT2D eigenvalue weighted by Gasteiger charge is 2.16. The van der Waals surface area contributed by atoms with Crippen LogP contribution >= 0.6 is 0 Å². The molecule has 2 aromatic carbocycles. The molecule has 0 aliphatic carbocycles. The summed E-state index contributed by atoms with van der Waals surface area (Å²) in [7, 11) is 3.98. The van der Waals surface area contributed by atoms with Gasteiger partial charge in [-0.3, -0.25) is 10.1 Å². The number of H-pyrrole nitrogens is 2. The maximum atomic E-state index is 14.9. The average Bonchev–Trinajstić information content (AvgIpc) is 3.30. The molecule has 0 saturated heterocycles. The topological polar surface area (TPSA) is 73.5 Å². The van der Waals surface area contributed by atoms with E-state index in [2.05, 4.69) is 30.0 Å². The third kappa shape index (κ3) is 3.15. The summed E-state index contributed by atoms with van der Waals surface area (Å²) in [6.45, 7) is 0.737. The van der Waals surface area contributed by atoms with Gasteiger partial charge < -0.3 is 9.88 Å². The average molecular weight is 386 g/mol. The maximum Gasteiger partial charge on any atom is 0.159 e. The molecule has 7 heteroatoms. The third-order valence-corrected chi connectivity index (χ3v) is 4.87. The van der Waals surface area contributed by atoms with E-state index < -0.39 is 0 Å². The number of para-hydroxylation sites is 2. The molecule has 0 amide bonds. The van der Waals surface area contributed by atoms with Crippen LogP contribution in [0.1, 0.15) is 5.56 Å². The fourth-order valence-electron chi connectivity index (χ4n) is 3.59. The Morgan fingerprint density at radius 3 is 2.72 bits per heavy atom. The summed E-state index contributed by atoms with van der Waals surface area (Å²) in [6.07, 6.45) is 3.49. The molecule has 144 valence electrons. The number of nitrogens with zero attached hydrogens (tertiary/aromatic N) is 4. The van der Waals surface area contributed by atoms with Gasteiger partial charge in [0.1, 0.15) is 11.5 Å². The van der Waals surface area contributed by atoms with Gasteiger partial charge >= 0.3 is 0 Å². The van der Waals surface area contributed by atoms with Gasteiger partial charge in [0.05, 0.1) is 16.6 Å². The summed E-state index contributed by atoms with van der Waals surface area (Å²) in [5.41, 5.74) is 5.33. The van der Waals surface area contributed by atoms with Gasteiger partial charge in [-0.2, -0.15) is 5.10 Å². The molecule has 5 aromatic rings. The Hall–Kier alpha value is -3.58. The highest BCUT2D eigenvalue weighted by Crippen LogP contribution is 2.32. The van der Waals surface area contributed by atoms with Crippen molar-refractivity contribution >= 4 is 21.9 Å². The Kier molecular flexibility index (Phi) is 4.10. The van der Waals surface area contributed by atoms with Gasteiger partial charge in [0.25, 0.3) is 0 Å². The van der Waals surface area contributed by atoms with E-state index in [-0.39, 0.29) is 5.82 Å². The lowest BCUT2D eigenvalue weighted by molar-refractivity contribution is 0.402. The first-order valence-electron chi connectivity index (χ1n) is 9.30. The Morgan fingerprint density at radius 1 is 1.03 bits per heavy atom. The first-order chi connectivity index (χ1) is 14.1. The van der Waals surface area contributed by atoms with Crippen molar-refractivity contribution in [2.45, 2.75) is 6.54 Å². The van der Waals surface area contributed by atoms with Crippen molar-refractivity contribution in [1.29, 1.82) is 0 Å². The molecule has 0 saturated carbocycles. The van der Waals surface area contributed by atoms with Crippen molar-refractivity contribution < 1.29 is 4.39 Å². The second kappa shape index (κ2) is 6.79. The first-order valence-corrected chi connectivity index (χ1v) is 9.30. The van der Waals surface area contributed by atoms with Gasteiger partial charge in [-0.25, -0.2) is 9.37 Å². The van der Waals surface area contributed by atoms with Crippen molar-refractivity contribution in [3.05, 3.63) is 66.2 Å². The number of imidazole rings is 1. The van der Waals surface area contributed by atoms with Gasteiger partial charge in [-0.15, -0.1) is 0 Å². The second-order valence-electron chi connectivity index (χ2n) is 7.37. The molecule has 0 aliphatic rings. The Balaban J connectivity index is 1.65. The number of halogens is 1. The van der Waals surface area contributed by atoms with Crippen LogP contribution in [0, 0.1) is 5.82 Å². The lowest BCUT2D eigenvalue weighted by Crippen LogP contribution is -2.10. The normalized spacial score (nSPS) is 11.7. The van der Waals surface area contributed by atoms with Crippen LogP contribution in [0.4, 0.5) is 4.39 Å². The quantitative estimate of drug-likeness (QED) is 0.481. The van der Waals surface area contributed by atoms with Gasteiger partial charge in [0.2, 0.25) is 0 Å². The minimum absolute atomic E-state index is 0.318. The number of rotatable bonds is 4. The number of fused-ring (bicyclic) bond motifs is 2. The summed E-state index contributed by atoms with van der Waals surface area (Å²) in [6, 6.07) is 13.1. The monoisotopic (exact) mass is 386 g/mol. The van der Waals surface area contributed by atoms with E-state index in [1.807, 2.05) is 50.5 Å². The first kappa shape index (κ1) is 17.5. The van der Waals surface area contributed by atoms with E-state index in [0.717, 1.165) is 34.1 Å². The lowest BCUT2D eigenvalue weighted by Gasteiger charge is -2.11. The molecule has 29 heavy (non-hydrogen) atoms. The van der Waals surface area contributed by atoms with Gasteiger partial charge in [0.15, 0.2) is 5.82 Å². The molecule has 0 spiro atoms. The van der Waals surface area contributed by atoms with Crippen molar-refractivity contribution in [1.82, 2.24) is 30.0 Å². The van der Waals surface area contributed by atoms with Crippen LogP contribution in [0.3, 0.4) is 0 Å². The minimum Gasteiger partial charge on any atom is -0.337 e. The van der Waals surface area contributed by atoms with Crippen LogP contribution in [0.25, 0.3) is 44.6 Å². The number of pyridine rings is 1. The highest BCUT2D eigenvalue weighted by atomic mass is 19.1. The van der Waals surface area contributed by atoms with Gasteiger partial charge in [0, 0.05) is 41.5 Å². The van der Waals surface area contributed by atoms with E-state index in [4.69, 9.17) is 0 Å². The number of aromatic nitrogens is 5. The van der Waals surface area contributed by atoms with E-state index in [0.29, 0.717) is 22.6 Å². The van der Waals surface area contributed by atoms with Crippen molar-refractivity contribution in [3.8, 4) is 22.6 Å². The molecular weight excluding hydrogens is 367 g/mol. The number of benzene rings is 2. The van der Waals surface area contributed by atoms with E-state index in [1.54, 1.807) is 12.4 Å². The second-order valence-corrected chi connectivity index (χ2v) is 7.37. The summed E-state index contributed by atoms with van der Waals surface area (Å²) in [4.78, 5) is 14.3. The Bertz CT molecular complexity index is 1300. The molecule has 0 radical (unpaired) electrons. The number of nitrogens with one attached hydrogen (secondary N) is 2. The van der Waals surface area contributed by atoms with Crippen molar-refractivity contribution in [2.75, 3.05) is 14.1 Å². The standard InChI is InChI=1S/C22H19FN6/c1-29(2)12-13-7-14(11-24-10-13)15-8-16-20(9-17(15)23)27-28-21(16)22-25-18-5-3-4-6-19(18)26-22/h3-11H,12H2,1-2H3,(H,25,26)(H,27,28). The zero-order valence-electron chi connectivity index (χ0n) is 16.1. The summed E-state index contributed by atoms with van der Waals surface area (Å²) >= 11 is 0. The molecule has 5 rings (SSSR count). The fraction of sp³-hybridized carbons (Fsp3) is 0.136. The largest absolute Gasteiger partial charge is 0.337 e. The van der Waals surface area contributed by atoms with Crippen LogP contribution in [-0.4, -0.2) is 44.1 Å². The number of aromatic amines is 2. The molecule has 0 aliphatic heterocycles. The molecule has 2 N–H and O–H groups in total. The molecule has 0 unspecified atom stereocenters. The van der Waals surface area contributed by atoms with E-state index in [9.17, 15) is 4.39 Å². The predicted molar refractivity (Wildman–Crippen MR) is 112 cm³/mol. The van der Waals surface area contributed by atoms with Crippen LogP contribution in [0.5, 0.6) is 0 Å².